The van der Waals surface area contributed by atoms with E-state index < -0.39 is 5.92 Å². The number of anilines is 2. The lowest BCUT2D eigenvalue weighted by Gasteiger charge is -2.30. The second kappa shape index (κ2) is 14.3. The molecule has 3 aromatic carbocycles. The van der Waals surface area contributed by atoms with Crippen molar-refractivity contribution in [1.29, 1.82) is 0 Å². The van der Waals surface area contributed by atoms with Crippen LogP contribution in [0.4, 0.5) is 11.4 Å². The number of hydrogen-bond donors (Lipinski definition) is 1. The summed E-state index contributed by atoms with van der Waals surface area (Å²) in [4.78, 5) is 41.4. The second-order valence-electron chi connectivity index (χ2n) is 11.2. The number of benzene rings is 3. The first-order valence-electron chi connectivity index (χ1n) is 15.4. The fraction of sp³-hybridized carbons (Fsp3) is 0.371. The number of amides is 3. The number of ether oxygens (including phenoxy) is 3. The molecular formula is C35H40N4O6. The average Bonchev–Trinajstić information content (AvgIpc) is 3.41. The van der Waals surface area contributed by atoms with Gasteiger partial charge in [0.1, 0.15) is 0 Å². The minimum Gasteiger partial charge on any atom is -0.493 e. The quantitative estimate of drug-likeness (QED) is 0.253. The Labute approximate surface area is 263 Å². The molecule has 2 aliphatic heterocycles. The Balaban J connectivity index is 1.20. The Hall–Kier alpha value is -4.86. The lowest BCUT2D eigenvalue weighted by molar-refractivity contribution is -0.120. The first-order chi connectivity index (χ1) is 21.9. The van der Waals surface area contributed by atoms with Gasteiger partial charge in [-0.25, -0.2) is 5.01 Å². The van der Waals surface area contributed by atoms with E-state index in [2.05, 4.69) is 17.3 Å². The topological polar surface area (TPSA) is 110 Å². The molecule has 3 aromatic rings. The van der Waals surface area contributed by atoms with E-state index in [0.29, 0.717) is 52.7 Å². The molecule has 45 heavy (non-hydrogen) atoms. The third-order valence-electron chi connectivity index (χ3n) is 8.28. The van der Waals surface area contributed by atoms with Crippen LogP contribution in [0.1, 0.15) is 65.3 Å². The number of unbranched alkanes of at least 4 members (excludes halogenated alkanes) is 3. The van der Waals surface area contributed by atoms with Gasteiger partial charge in [0, 0.05) is 36.3 Å². The summed E-state index contributed by atoms with van der Waals surface area (Å²) in [5, 5.41) is 8.91. The fourth-order valence-electron chi connectivity index (χ4n) is 5.73. The highest BCUT2D eigenvalue weighted by Crippen LogP contribution is 2.39. The van der Waals surface area contributed by atoms with Crippen LogP contribution in [0.3, 0.4) is 0 Å². The van der Waals surface area contributed by atoms with E-state index in [1.54, 1.807) is 41.3 Å². The number of fused-ring (bicyclic) bond motifs is 1. The highest BCUT2D eigenvalue weighted by atomic mass is 16.5. The van der Waals surface area contributed by atoms with Gasteiger partial charge in [-0.2, -0.15) is 5.10 Å². The van der Waals surface area contributed by atoms with Gasteiger partial charge in [-0.3, -0.25) is 14.4 Å². The van der Waals surface area contributed by atoms with E-state index in [9.17, 15) is 14.4 Å². The predicted octanol–water partition coefficient (Wildman–Crippen LogP) is 5.95. The summed E-state index contributed by atoms with van der Waals surface area (Å²) in [5.41, 5.74) is 4.16. The molecule has 1 fully saturated rings. The molecule has 0 saturated carbocycles. The van der Waals surface area contributed by atoms with Gasteiger partial charge in [-0.1, -0.05) is 38.3 Å². The third-order valence-corrected chi connectivity index (χ3v) is 8.28. The van der Waals surface area contributed by atoms with E-state index in [1.165, 1.54) is 51.2 Å². The van der Waals surface area contributed by atoms with Crippen LogP contribution in [0.5, 0.6) is 17.2 Å². The van der Waals surface area contributed by atoms with Crippen molar-refractivity contribution in [1.82, 2.24) is 4.90 Å². The highest BCUT2D eigenvalue weighted by Gasteiger charge is 2.41. The number of aryl methyl sites for hydroxylation is 1. The molecule has 1 atom stereocenters. The summed E-state index contributed by atoms with van der Waals surface area (Å²) >= 11 is 0. The Kier molecular flexibility index (Phi) is 10.0. The average molecular weight is 613 g/mol. The number of methoxy groups -OCH3 is 3. The van der Waals surface area contributed by atoms with Gasteiger partial charge in [-0.15, -0.1) is 0 Å². The maximum atomic E-state index is 13.5. The second-order valence-corrected chi connectivity index (χ2v) is 11.2. The van der Waals surface area contributed by atoms with Crippen LogP contribution in [0, 0.1) is 5.92 Å². The molecule has 0 aliphatic carbocycles. The molecule has 3 amide bonds. The van der Waals surface area contributed by atoms with Crippen LogP contribution < -0.4 is 24.5 Å². The standard InChI is InChI=1S/C35H40N4O6/c1-5-6-7-8-9-23-10-12-24(13-11-23)33(40)36-26-14-16-27(17-15-26)39-35(42)28-22-38(19-18-29(28)37-39)34(41)25-20-30(43-2)32(45-4)31(21-25)44-3/h10-17,20-21,28H,5-9,18-19,22H2,1-4H3,(H,36,40). The van der Waals surface area contributed by atoms with Crippen molar-refractivity contribution >= 4 is 34.8 Å². The van der Waals surface area contributed by atoms with E-state index in [0.717, 1.165) is 18.6 Å². The molecule has 2 heterocycles. The van der Waals surface area contributed by atoms with Gasteiger partial charge >= 0.3 is 0 Å². The van der Waals surface area contributed by atoms with Gasteiger partial charge < -0.3 is 24.4 Å². The van der Waals surface area contributed by atoms with Crippen LogP contribution in [0.15, 0.2) is 65.8 Å². The summed E-state index contributed by atoms with van der Waals surface area (Å²) in [6.45, 7) is 2.85. The normalized spacial score (nSPS) is 15.8. The number of carbonyl (C=O) groups excluding carboxylic acids is 3. The summed E-state index contributed by atoms with van der Waals surface area (Å²) in [7, 11) is 4.50. The molecular weight excluding hydrogens is 572 g/mol. The van der Waals surface area contributed by atoms with Crippen LogP contribution in [-0.2, 0) is 11.2 Å². The molecule has 1 N–H and O–H groups in total. The molecule has 10 nitrogen and oxygen atoms in total. The SMILES string of the molecule is CCCCCCc1ccc(C(=O)Nc2ccc(N3N=C4CCN(C(=O)c5cc(OC)c(OC)c(OC)c5)CC4C3=O)cc2)cc1. The molecule has 5 rings (SSSR count). The Bertz CT molecular complexity index is 1540. The van der Waals surface area contributed by atoms with Gasteiger partial charge in [0.05, 0.1) is 38.6 Å². The van der Waals surface area contributed by atoms with Gasteiger partial charge in [-0.05, 0) is 66.9 Å². The number of carbonyl (C=O) groups is 3. The molecule has 0 radical (unpaired) electrons. The number of hydrazone groups is 1. The minimum absolute atomic E-state index is 0.194. The molecule has 1 unspecified atom stereocenters. The first-order valence-corrected chi connectivity index (χ1v) is 15.4. The van der Waals surface area contributed by atoms with Crippen LogP contribution in [-0.4, -0.2) is 62.8 Å². The lowest BCUT2D eigenvalue weighted by atomic mass is 9.95. The van der Waals surface area contributed by atoms with Gasteiger partial charge in [0.25, 0.3) is 17.7 Å². The maximum Gasteiger partial charge on any atom is 0.258 e. The number of nitrogens with zero attached hydrogens (tertiary/aromatic N) is 3. The zero-order chi connectivity index (χ0) is 31.9. The van der Waals surface area contributed by atoms with Crippen molar-refractivity contribution in [3.05, 3.63) is 77.4 Å². The molecule has 236 valence electrons. The van der Waals surface area contributed by atoms with E-state index >= 15 is 0 Å². The lowest BCUT2D eigenvalue weighted by Crippen LogP contribution is -2.46. The van der Waals surface area contributed by atoms with E-state index in [-0.39, 0.29) is 24.3 Å². The van der Waals surface area contributed by atoms with Crippen molar-refractivity contribution in [2.75, 3.05) is 44.7 Å². The Morgan fingerprint density at radius 2 is 1.58 bits per heavy atom. The van der Waals surface area contributed by atoms with Crippen molar-refractivity contribution in [2.24, 2.45) is 11.0 Å². The monoisotopic (exact) mass is 612 g/mol. The highest BCUT2D eigenvalue weighted by molar-refractivity contribution is 6.16. The van der Waals surface area contributed by atoms with E-state index in [4.69, 9.17) is 14.2 Å². The number of piperidine rings is 1. The molecule has 2 aliphatic rings. The Morgan fingerprint density at radius 1 is 0.889 bits per heavy atom. The fourth-order valence-corrected chi connectivity index (χ4v) is 5.73. The molecule has 0 aromatic heterocycles. The maximum absolute atomic E-state index is 13.5. The minimum atomic E-state index is -0.529. The summed E-state index contributed by atoms with van der Waals surface area (Å²) < 4.78 is 16.2. The smallest absolute Gasteiger partial charge is 0.258 e. The zero-order valence-corrected chi connectivity index (χ0v) is 26.3. The largest absolute Gasteiger partial charge is 0.493 e. The van der Waals surface area contributed by atoms with Crippen LogP contribution >= 0.6 is 0 Å². The molecule has 0 spiro atoms. The van der Waals surface area contributed by atoms with Crippen LogP contribution in [0.25, 0.3) is 0 Å². The van der Waals surface area contributed by atoms with Gasteiger partial charge in [0.2, 0.25) is 5.75 Å². The number of hydrogen-bond acceptors (Lipinski definition) is 7. The summed E-state index contributed by atoms with van der Waals surface area (Å²) in [6, 6.07) is 18.0. The van der Waals surface area contributed by atoms with Crippen molar-refractivity contribution in [3.63, 3.8) is 0 Å². The molecule has 10 heteroatoms. The summed E-state index contributed by atoms with van der Waals surface area (Å²) in [6.07, 6.45) is 6.34. The first kappa shape index (κ1) is 31.6. The third kappa shape index (κ3) is 6.95. The summed E-state index contributed by atoms with van der Waals surface area (Å²) in [5.74, 6) is 0.0140. The van der Waals surface area contributed by atoms with Gasteiger partial charge in [0.15, 0.2) is 11.5 Å². The van der Waals surface area contributed by atoms with Crippen molar-refractivity contribution < 1.29 is 28.6 Å². The number of nitrogens with one attached hydrogen (secondary N) is 1. The number of rotatable bonds is 12. The number of likely N-dealkylation sites (tertiary alicyclic amines) is 1. The zero-order valence-electron chi connectivity index (χ0n) is 26.3. The molecule has 1 saturated heterocycles. The molecule has 0 bridgehead atoms. The van der Waals surface area contributed by atoms with Crippen LogP contribution in [0.2, 0.25) is 0 Å². The predicted molar refractivity (Wildman–Crippen MR) is 174 cm³/mol. The van der Waals surface area contributed by atoms with Crippen molar-refractivity contribution in [2.45, 2.75) is 45.4 Å². The Morgan fingerprint density at radius 3 is 2.20 bits per heavy atom. The van der Waals surface area contributed by atoms with Crippen molar-refractivity contribution in [3.8, 4) is 17.2 Å². The van der Waals surface area contributed by atoms with E-state index in [1.807, 2.05) is 24.3 Å².